The number of para-hydroxylation sites is 1. The zero-order valence-corrected chi connectivity index (χ0v) is 14.6. The van der Waals surface area contributed by atoms with E-state index in [9.17, 15) is 8.42 Å². The first-order valence-electron chi connectivity index (χ1n) is 8.51. The predicted molar refractivity (Wildman–Crippen MR) is 99.0 cm³/mol. The van der Waals surface area contributed by atoms with Crippen molar-refractivity contribution in [1.29, 1.82) is 0 Å². The van der Waals surface area contributed by atoms with Crippen molar-refractivity contribution in [3.8, 4) is 0 Å². The van der Waals surface area contributed by atoms with Gasteiger partial charge in [-0.15, -0.1) is 0 Å². The molecule has 0 aliphatic carbocycles. The Balaban J connectivity index is 1.65. The molecule has 0 unspecified atom stereocenters. The van der Waals surface area contributed by atoms with E-state index in [4.69, 9.17) is 0 Å². The zero-order chi connectivity index (χ0) is 16.7. The maximum atomic E-state index is 11.6. The summed E-state index contributed by atoms with van der Waals surface area (Å²) in [6.07, 6.45) is 0.722. The second kappa shape index (κ2) is 5.90. The topological polar surface area (TPSA) is 51.1 Å². The number of benzene rings is 2. The molecule has 1 fully saturated rings. The summed E-state index contributed by atoms with van der Waals surface area (Å²) >= 11 is 0. The van der Waals surface area contributed by atoms with Gasteiger partial charge in [0.15, 0.2) is 9.84 Å². The second-order valence-corrected chi connectivity index (χ2v) is 8.82. The Labute approximate surface area is 142 Å². The monoisotopic (exact) mass is 342 g/mol. The molecule has 0 saturated carbocycles. The zero-order valence-electron chi connectivity index (χ0n) is 13.8. The minimum atomic E-state index is -2.83. The number of fused-ring (bicyclic) bond motifs is 3. The van der Waals surface area contributed by atoms with Gasteiger partial charge in [-0.3, -0.25) is 0 Å². The van der Waals surface area contributed by atoms with Crippen LogP contribution in [0.5, 0.6) is 0 Å². The quantitative estimate of drug-likeness (QED) is 0.793. The van der Waals surface area contributed by atoms with Gasteiger partial charge in [0.05, 0.1) is 11.5 Å². The fourth-order valence-corrected chi connectivity index (χ4v) is 5.48. The van der Waals surface area contributed by atoms with Gasteiger partial charge in [-0.25, -0.2) is 8.42 Å². The molecular weight excluding hydrogens is 320 g/mol. The molecule has 1 aliphatic rings. The van der Waals surface area contributed by atoms with E-state index < -0.39 is 9.84 Å². The molecule has 0 amide bonds. The van der Waals surface area contributed by atoms with E-state index in [0.29, 0.717) is 12.3 Å². The van der Waals surface area contributed by atoms with Crippen molar-refractivity contribution in [2.75, 3.05) is 11.5 Å². The Morgan fingerprint density at radius 3 is 2.67 bits per heavy atom. The number of aromatic nitrogens is 1. The first-order chi connectivity index (χ1) is 11.6. The van der Waals surface area contributed by atoms with E-state index in [1.807, 2.05) is 0 Å². The van der Waals surface area contributed by atoms with Gasteiger partial charge in [-0.05, 0) is 37.1 Å². The van der Waals surface area contributed by atoms with Gasteiger partial charge in [-0.2, -0.15) is 0 Å². The molecule has 126 valence electrons. The minimum absolute atomic E-state index is 0.0858. The van der Waals surface area contributed by atoms with Crippen LogP contribution in [0.15, 0.2) is 42.5 Å². The fraction of sp³-hybridized carbons (Fsp3) is 0.368. The largest absolute Gasteiger partial charge is 0.341 e. The molecular formula is C19H22N2O2S. The first-order valence-corrected chi connectivity index (χ1v) is 10.3. The van der Waals surface area contributed by atoms with E-state index in [1.54, 1.807) is 0 Å². The molecule has 0 spiro atoms. The van der Waals surface area contributed by atoms with Crippen LogP contribution in [-0.4, -0.2) is 30.5 Å². The van der Waals surface area contributed by atoms with Crippen LogP contribution in [0.2, 0.25) is 0 Å². The summed E-state index contributed by atoms with van der Waals surface area (Å²) in [6, 6.07) is 15.1. The van der Waals surface area contributed by atoms with Gasteiger partial charge in [0.25, 0.3) is 0 Å². The van der Waals surface area contributed by atoms with Crippen molar-refractivity contribution in [3.05, 3.63) is 48.0 Å². The van der Waals surface area contributed by atoms with Crippen LogP contribution in [0, 0.1) is 0 Å². The predicted octanol–water partition coefficient (Wildman–Crippen LogP) is 3.09. The number of nitrogens with zero attached hydrogens (tertiary/aromatic N) is 1. The molecule has 3 aromatic rings. The molecule has 1 saturated heterocycles. The highest BCUT2D eigenvalue weighted by Gasteiger charge is 2.27. The number of sulfone groups is 1. The lowest BCUT2D eigenvalue weighted by Gasteiger charge is -2.11. The van der Waals surface area contributed by atoms with Gasteiger partial charge in [0.1, 0.15) is 0 Å². The molecule has 0 bridgehead atoms. The van der Waals surface area contributed by atoms with Crippen LogP contribution < -0.4 is 5.32 Å². The van der Waals surface area contributed by atoms with E-state index in [-0.39, 0.29) is 11.8 Å². The van der Waals surface area contributed by atoms with Crippen molar-refractivity contribution in [3.63, 3.8) is 0 Å². The fourth-order valence-electron chi connectivity index (χ4n) is 3.77. The smallest absolute Gasteiger partial charge is 0.151 e. The molecule has 1 N–H and O–H groups in total. The van der Waals surface area contributed by atoms with Crippen molar-refractivity contribution in [2.45, 2.75) is 32.5 Å². The van der Waals surface area contributed by atoms with Gasteiger partial charge in [0, 0.05) is 40.9 Å². The molecule has 24 heavy (non-hydrogen) atoms. The van der Waals surface area contributed by atoms with E-state index in [2.05, 4.69) is 59.3 Å². The van der Waals surface area contributed by atoms with Crippen LogP contribution in [-0.2, 0) is 22.9 Å². The molecule has 4 rings (SSSR count). The van der Waals surface area contributed by atoms with Gasteiger partial charge >= 0.3 is 0 Å². The summed E-state index contributed by atoms with van der Waals surface area (Å²) in [5, 5.41) is 5.95. The molecule has 1 atom stereocenters. The van der Waals surface area contributed by atoms with Crippen LogP contribution in [0.25, 0.3) is 21.8 Å². The maximum absolute atomic E-state index is 11.6. The summed E-state index contributed by atoms with van der Waals surface area (Å²) in [6.45, 7) is 3.82. The molecule has 0 radical (unpaired) electrons. The van der Waals surface area contributed by atoms with Gasteiger partial charge in [0.2, 0.25) is 0 Å². The third-order valence-corrected chi connectivity index (χ3v) is 6.75. The summed E-state index contributed by atoms with van der Waals surface area (Å²) in [7, 11) is -2.83. The summed E-state index contributed by atoms with van der Waals surface area (Å²) in [5.41, 5.74) is 3.72. The first kappa shape index (κ1) is 15.7. The Morgan fingerprint density at radius 1 is 1.12 bits per heavy atom. The van der Waals surface area contributed by atoms with Crippen molar-refractivity contribution in [2.24, 2.45) is 0 Å². The number of hydrogen-bond acceptors (Lipinski definition) is 3. The SMILES string of the molecule is CCn1c2ccccc2c2cc(CN[C@H]3CCS(=O)(=O)C3)ccc21. The van der Waals surface area contributed by atoms with Gasteiger partial charge < -0.3 is 9.88 Å². The minimum Gasteiger partial charge on any atom is -0.341 e. The van der Waals surface area contributed by atoms with E-state index >= 15 is 0 Å². The summed E-state index contributed by atoms with van der Waals surface area (Å²) in [4.78, 5) is 0. The average molecular weight is 342 g/mol. The number of aryl methyl sites for hydroxylation is 1. The van der Waals surface area contributed by atoms with Gasteiger partial charge in [-0.1, -0.05) is 24.3 Å². The number of hydrogen-bond donors (Lipinski definition) is 1. The lowest BCUT2D eigenvalue weighted by atomic mass is 10.1. The van der Waals surface area contributed by atoms with Crippen molar-refractivity contribution < 1.29 is 8.42 Å². The molecule has 4 nitrogen and oxygen atoms in total. The number of rotatable bonds is 4. The normalized spacial score (nSPS) is 20.1. The average Bonchev–Trinajstić information content (AvgIpc) is 3.09. The second-order valence-electron chi connectivity index (χ2n) is 6.59. The Bertz CT molecular complexity index is 1000. The van der Waals surface area contributed by atoms with E-state index in [0.717, 1.165) is 13.0 Å². The van der Waals surface area contributed by atoms with Crippen LogP contribution in [0.1, 0.15) is 18.9 Å². The highest BCUT2D eigenvalue weighted by atomic mass is 32.2. The Kier molecular flexibility index (Phi) is 3.85. The third kappa shape index (κ3) is 2.72. The lowest BCUT2D eigenvalue weighted by molar-refractivity contribution is 0.554. The van der Waals surface area contributed by atoms with Crippen LogP contribution >= 0.6 is 0 Å². The molecule has 1 aliphatic heterocycles. The van der Waals surface area contributed by atoms with Crippen LogP contribution in [0.4, 0.5) is 0 Å². The maximum Gasteiger partial charge on any atom is 0.151 e. The molecule has 5 heteroatoms. The Morgan fingerprint density at radius 2 is 1.92 bits per heavy atom. The molecule has 2 heterocycles. The highest BCUT2D eigenvalue weighted by Crippen LogP contribution is 2.29. The molecule has 2 aromatic carbocycles. The Hall–Kier alpha value is -1.85. The highest BCUT2D eigenvalue weighted by molar-refractivity contribution is 7.91. The van der Waals surface area contributed by atoms with E-state index in [1.165, 1.54) is 27.4 Å². The number of nitrogens with one attached hydrogen (secondary N) is 1. The van der Waals surface area contributed by atoms with Crippen molar-refractivity contribution >= 4 is 31.6 Å². The van der Waals surface area contributed by atoms with Crippen LogP contribution in [0.3, 0.4) is 0 Å². The standard InChI is InChI=1S/C19H22N2O2S/c1-2-21-18-6-4-3-5-16(18)17-11-14(7-8-19(17)21)12-20-15-9-10-24(22,23)13-15/h3-8,11,15,20H,2,9-10,12-13H2,1H3/t15-/m0/s1. The summed E-state index contributed by atoms with van der Waals surface area (Å²) in [5.74, 6) is 0.581. The lowest BCUT2D eigenvalue weighted by Crippen LogP contribution is -2.29. The molecule has 1 aromatic heterocycles. The van der Waals surface area contributed by atoms with Crippen molar-refractivity contribution in [1.82, 2.24) is 9.88 Å². The summed E-state index contributed by atoms with van der Waals surface area (Å²) < 4.78 is 25.5. The third-order valence-electron chi connectivity index (χ3n) is 4.98.